The number of benzene rings is 1. The van der Waals surface area contributed by atoms with Crippen molar-refractivity contribution in [3.8, 4) is 0 Å². The molecule has 1 aromatic carbocycles. The molecule has 0 saturated heterocycles. The van der Waals surface area contributed by atoms with Crippen LogP contribution in [0.15, 0.2) is 30.3 Å². The molecule has 0 saturated carbocycles. The highest BCUT2D eigenvalue weighted by Gasteiger charge is 1.84. The number of carbonyl (C=O) groups is 1. The Balaban J connectivity index is 0. The van der Waals surface area contributed by atoms with Crippen molar-refractivity contribution in [3.63, 3.8) is 0 Å². The van der Waals surface area contributed by atoms with Gasteiger partial charge in [-0.25, -0.2) is 0 Å². The molecule has 0 aliphatic heterocycles. The average molecular weight is 223 g/mol. The van der Waals surface area contributed by atoms with Gasteiger partial charge in [0.05, 0.1) is 0 Å². The standard InChI is InChI=1S/C7H8.C4H9NO.C3H8/c1-7-5-3-2-4-6-7;1-3-4(6)5-2;1-3-2/h2-6H,1H3;3H2,1-2H3,(H,5,6);3H2,1-2H3. The number of hydrogen-bond donors (Lipinski definition) is 1. The first-order chi connectivity index (χ1) is 7.62. The zero-order valence-electron chi connectivity index (χ0n) is 11.2. The monoisotopic (exact) mass is 223 g/mol. The van der Waals surface area contributed by atoms with E-state index in [0.717, 1.165) is 0 Å². The van der Waals surface area contributed by atoms with Crippen LogP contribution in [-0.2, 0) is 4.79 Å². The van der Waals surface area contributed by atoms with Gasteiger partial charge in [0.25, 0.3) is 0 Å². The van der Waals surface area contributed by atoms with Crippen LogP contribution in [0.1, 0.15) is 39.2 Å². The summed E-state index contributed by atoms with van der Waals surface area (Å²) in [7, 11) is 1.63. The van der Waals surface area contributed by atoms with E-state index in [9.17, 15) is 4.79 Å². The predicted octanol–water partition coefficient (Wildman–Crippen LogP) is 3.55. The topological polar surface area (TPSA) is 29.1 Å². The molecule has 0 atom stereocenters. The van der Waals surface area contributed by atoms with Crippen molar-refractivity contribution < 1.29 is 4.79 Å². The van der Waals surface area contributed by atoms with Crippen molar-refractivity contribution in [1.82, 2.24) is 5.32 Å². The summed E-state index contributed by atoms with van der Waals surface area (Å²) >= 11 is 0. The fourth-order valence-electron chi connectivity index (χ4n) is 0.711. The van der Waals surface area contributed by atoms with Gasteiger partial charge in [0.1, 0.15) is 0 Å². The highest BCUT2D eigenvalue weighted by Crippen LogP contribution is 1.92. The Hall–Kier alpha value is -1.31. The maximum absolute atomic E-state index is 10.1. The number of carbonyl (C=O) groups excluding carboxylic acids is 1. The zero-order valence-corrected chi connectivity index (χ0v) is 11.2. The summed E-state index contributed by atoms with van der Waals surface area (Å²) in [4.78, 5) is 10.1. The molecule has 2 nitrogen and oxygen atoms in total. The zero-order chi connectivity index (χ0) is 12.8. The lowest BCUT2D eigenvalue weighted by molar-refractivity contribution is -0.120. The Bertz CT molecular complexity index is 238. The third-order valence-electron chi connectivity index (χ3n) is 1.54. The summed E-state index contributed by atoms with van der Waals surface area (Å²) < 4.78 is 0. The van der Waals surface area contributed by atoms with Crippen LogP contribution in [0.5, 0.6) is 0 Å². The molecule has 1 amide bonds. The highest BCUT2D eigenvalue weighted by atomic mass is 16.1. The van der Waals surface area contributed by atoms with Gasteiger partial charge in [0.15, 0.2) is 0 Å². The minimum absolute atomic E-state index is 0.0926. The average Bonchev–Trinajstić information content (AvgIpc) is 2.31. The Morgan fingerprint density at radius 1 is 1.12 bits per heavy atom. The van der Waals surface area contributed by atoms with E-state index < -0.39 is 0 Å². The van der Waals surface area contributed by atoms with Crippen LogP contribution in [0, 0.1) is 6.92 Å². The summed E-state index contributed by atoms with van der Waals surface area (Å²) in [6.07, 6.45) is 1.83. The maximum atomic E-state index is 10.1. The SMILES string of the molecule is CCC.CCC(=O)NC.Cc1ccccc1. The third kappa shape index (κ3) is 15.2. The Labute approximate surface area is 100 Å². The largest absolute Gasteiger partial charge is 0.359 e. The molecular weight excluding hydrogens is 198 g/mol. The van der Waals surface area contributed by atoms with Crippen molar-refractivity contribution >= 4 is 5.91 Å². The molecule has 0 bridgehead atoms. The van der Waals surface area contributed by atoms with Crippen molar-refractivity contribution in [2.24, 2.45) is 0 Å². The van der Waals surface area contributed by atoms with Crippen molar-refractivity contribution in [3.05, 3.63) is 35.9 Å². The van der Waals surface area contributed by atoms with Crippen molar-refractivity contribution in [2.45, 2.75) is 40.5 Å². The van der Waals surface area contributed by atoms with Crippen LogP contribution in [-0.4, -0.2) is 13.0 Å². The quantitative estimate of drug-likeness (QED) is 0.775. The first-order valence-electron chi connectivity index (χ1n) is 5.84. The van der Waals surface area contributed by atoms with Gasteiger partial charge >= 0.3 is 0 Å². The molecule has 2 heteroatoms. The van der Waals surface area contributed by atoms with Gasteiger partial charge in [0, 0.05) is 13.5 Å². The smallest absolute Gasteiger partial charge is 0.219 e. The second-order valence-electron chi connectivity index (χ2n) is 3.39. The van der Waals surface area contributed by atoms with Crippen molar-refractivity contribution in [2.75, 3.05) is 7.05 Å². The molecule has 0 unspecified atom stereocenters. The minimum atomic E-state index is 0.0926. The van der Waals surface area contributed by atoms with E-state index in [2.05, 4.69) is 38.2 Å². The number of amides is 1. The number of nitrogens with one attached hydrogen (secondary N) is 1. The van der Waals surface area contributed by atoms with Crippen LogP contribution < -0.4 is 5.32 Å². The lowest BCUT2D eigenvalue weighted by Crippen LogP contribution is -2.15. The number of rotatable bonds is 1. The summed E-state index contributed by atoms with van der Waals surface area (Å²) in [6, 6.07) is 10.3. The van der Waals surface area contributed by atoms with Gasteiger partial charge in [0.2, 0.25) is 5.91 Å². The molecule has 0 fully saturated rings. The van der Waals surface area contributed by atoms with Crippen molar-refractivity contribution in [1.29, 1.82) is 0 Å². The molecule has 0 aromatic heterocycles. The Morgan fingerprint density at radius 2 is 1.56 bits per heavy atom. The van der Waals surface area contributed by atoms with Gasteiger partial charge in [-0.1, -0.05) is 63.1 Å². The molecule has 92 valence electrons. The number of hydrogen-bond acceptors (Lipinski definition) is 1. The molecular formula is C14H25NO. The predicted molar refractivity (Wildman–Crippen MR) is 71.5 cm³/mol. The van der Waals surface area contributed by atoms with E-state index in [0.29, 0.717) is 6.42 Å². The summed E-state index contributed by atoms with van der Waals surface area (Å²) in [5.74, 6) is 0.0926. The van der Waals surface area contributed by atoms with E-state index in [4.69, 9.17) is 0 Å². The molecule has 1 rings (SSSR count). The van der Waals surface area contributed by atoms with Gasteiger partial charge in [-0.05, 0) is 6.92 Å². The van der Waals surface area contributed by atoms with E-state index in [1.807, 2.05) is 25.1 Å². The summed E-state index contributed by atoms with van der Waals surface area (Å²) in [6.45, 7) is 8.15. The van der Waals surface area contributed by atoms with Gasteiger partial charge in [-0.3, -0.25) is 4.79 Å². The first-order valence-corrected chi connectivity index (χ1v) is 5.84. The second kappa shape index (κ2) is 13.7. The molecule has 0 radical (unpaired) electrons. The highest BCUT2D eigenvalue weighted by molar-refractivity contribution is 5.74. The maximum Gasteiger partial charge on any atom is 0.219 e. The van der Waals surface area contributed by atoms with E-state index >= 15 is 0 Å². The summed E-state index contributed by atoms with van der Waals surface area (Å²) in [5, 5.41) is 2.48. The number of aryl methyl sites for hydroxylation is 1. The van der Waals surface area contributed by atoms with Gasteiger partial charge in [-0.15, -0.1) is 0 Å². The first kappa shape index (κ1) is 17.1. The fraction of sp³-hybridized carbons (Fsp3) is 0.500. The molecule has 0 aliphatic rings. The molecule has 0 aliphatic carbocycles. The lowest BCUT2D eigenvalue weighted by Gasteiger charge is -1.87. The summed E-state index contributed by atoms with van der Waals surface area (Å²) in [5.41, 5.74) is 1.32. The minimum Gasteiger partial charge on any atom is -0.359 e. The fourth-order valence-corrected chi connectivity index (χ4v) is 0.711. The molecule has 0 heterocycles. The van der Waals surface area contributed by atoms with E-state index in [1.54, 1.807) is 7.05 Å². The van der Waals surface area contributed by atoms with Crippen LogP contribution >= 0.6 is 0 Å². The van der Waals surface area contributed by atoms with Crippen LogP contribution in [0.4, 0.5) is 0 Å². The normalized spacial score (nSPS) is 7.81. The molecule has 16 heavy (non-hydrogen) atoms. The molecule has 0 spiro atoms. The van der Waals surface area contributed by atoms with Gasteiger partial charge in [-0.2, -0.15) is 0 Å². The molecule has 1 N–H and O–H groups in total. The van der Waals surface area contributed by atoms with Crippen LogP contribution in [0.2, 0.25) is 0 Å². The molecule has 1 aromatic rings. The van der Waals surface area contributed by atoms with Crippen LogP contribution in [0.3, 0.4) is 0 Å². The Kier molecular flexibility index (Phi) is 14.6. The van der Waals surface area contributed by atoms with E-state index in [-0.39, 0.29) is 5.91 Å². The second-order valence-corrected chi connectivity index (χ2v) is 3.39. The van der Waals surface area contributed by atoms with Crippen LogP contribution in [0.25, 0.3) is 0 Å². The van der Waals surface area contributed by atoms with Gasteiger partial charge < -0.3 is 5.32 Å². The third-order valence-corrected chi connectivity index (χ3v) is 1.54. The Morgan fingerprint density at radius 3 is 1.69 bits per heavy atom. The lowest BCUT2D eigenvalue weighted by atomic mass is 10.2. The van der Waals surface area contributed by atoms with E-state index in [1.165, 1.54) is 12.0 Å².